The molecule has 4 aliphatic rings. The number of aromatic nitrogens is 3. The van der Waals surface area contributed by atoms with Crippen molar-refractivity contribution in [3.63, 3.8) is 0 Å². The van der Waals surface area contributed by atoms with Crippen LogP contribution in [-0.4, -0.2) is 82.1 Å². The molecule has 3 aliphatic heterocycles. The number of aryl methyl sites for hydroxylation is 1. The van der Waals surface area contributed by atoms with Gasteiger partial charge in [-0.2, -0.15) is 9.97 Å². The van der Waals surface area contributed by atoms with Gasteiger partial charge in [-0.1, -0.05) is 36.4 Å². The van der Waals surface area contributed by atoms with Crippen molar-refractivity contribution in [3.8, 4) is 17.3 Å². The van der Waals surface area contributed by atoms with Gasteiger partial charge in [0.15, 0.2) is 5.65 Å². The fraction of sp³-hybridized carbons (Fsp3) is 0.484. The molecule has 0 unspecified atom stereocenters. The van der Waals surface area contributed by atoms with Crippen molar-refractivity contribution in [2.24, 2.45) is 0 Å². The van der Waals surface area contributed by atoms with Gasteiger partial charge in [0.1, 0.15) is 12.4 Å². The van der Waals surface area contributed by atoms with Gasteiger partial charge in [0.25, 0.3) is 0 Å². The summed E-state index contributed by atoms with van der Waals surface area (Å²) in [5.74, 6) is 0.773. The molecule has 9 heteroatoms. The van der Waals surface area contributed by atoms with Crippen molar-refractivity contribution in [1.29, 1.82) is 0 Å². The Morgan fingerprint density at radius 1 is 1.12 bits per heavy atom. The fourth-order valence-corrected chi connectivity index (χ4v) is 7.34. The number of halogens is 1. The first-order valence-electron chi connectivity index (χ1n) is 14.5. The van der Waals surface area contributed by atoms with Crippen LogP contribution < -0.4 is 9.64 Å². The number of carbonyl (C=O) groups is 1. The summed E-state index contributed by atoms with van der Waals surface area (Å²) in [6, 6.07) is 9.48. The molecule has 1 aliphatic carbocycles. The van der Waals surface area contributed by atoms with Crippen LogP contribution in [0.4, 0.5) is 5.82 Å². The molecule has 0 N–H and O–H groups in total. The van der Waals surface area contributed by atoms with Crippen LogP contribution in [0.1, 0.15) is 43.2 Å². The molecule has 40 heavy (non-hydrogen) atoms. The van der Waals surface area contributed by atoms with Crippen molar-refractivity contribution < 1.29 is 9.53 Å². The summed E-state index contributed by atoms with van der Waals surface area (Å²) in [7, 11) is 2.14. The van der Waals surface area contributed by atoms with E-state index in [1.807, 2.05) is 11.0 Å². The lowest BCUT2D eigenvalue weighted by atomic mass is 9.87. The molecule has 7 rings (SSSR count). The molecule has 0 radical (unpaired) electrons. The zero-order chi connectivity index (χ0) is 27.4. The van der Waals surface area contributed by atoms with Gasteiger partial charge in [-0.25, -0.2) is 4.98 Å². The lowest BCUT2D eigenvalue weighted by molar-refractivity contribution is -0.127. The smallest absolute Gasteiger partial charge is 0.320 e. The Balaban J connectivity index is 1.29. The molecule has 5 heterocycles. The molecule has 2 aromatic heterocycles. The van der Waals surface area contributed by atoms with Crippen LogP contribution in [-0.2, 0) is 17.6 Å². The molecule has 208 valence electrons. The maximum Gasteiger partial charge on any atom is 0.320 e. The molecule has 1 aromatic carbocycles. The first-order valence-corrected chi connectivity index (χ1v) is 14.9. The molecule has 0 saturated carbocycles. The van der Waals surface area contributed by atoms with Gasteiger partial charge in [0, 0.05) is 24.7 Å². The molecule has 0 spiro atoms. The molecular weight excluding hydrogens is 524 g/mol. The first-order chi connectivity index (χ1) is 19.5. The van der Waals surface area contributed by atoms with Gasteiger partial charge in [0.2, 0.25) is 5.91 Å². The molecule has 0 bridgehead atoms. The average molecular weight is 559 g/mol. The fourth-order valence-electron chi connectivity index (χ4n) is 7.09. The maximum absolute atomic E-state index is 12.4. The summed E-state index contributed by atoms with van der Waals surface area (Å²) < 4.78 is 6.24. The topological polar surface area (TPSA) is 74.7 Å². The van der Waals surface area contributed by atoms with Gasteiger partial charge in [-0.3, -0.25) is 4.79 Å². The number of fused-ring (bicyclic) bond motifs is 3. The molecule has 8 nitrogen and oxygen atoms in total. The van der Waals surface area contributed by atoms with Crippen molar-refractivity contribution in [2.45, 2.75) is 63.1 Å². The minimum Gasteiger partial charge on any atom is -0.462 e. The van der Waals surface area contributed by atoms with E-state index in [0.717, 1.165) is 61.2 Å². The van der Waals surface area contributed by atoms with E-state index in [1.54, 1.807) is 0 Å². The number of benzene rings is 1. The van der Waals surface area contributed by atoms with Crippen LogP contribution in [0.15, 0.2) is 36.9 Å². The minimum atomic E-state index is -0.00931. The van der Waals surface area contributed by atoms with Crippen LogP contribution in [0.3, 0.4) is 0 Å². The summed E-state index contributed by atoms with van der Waals surface area (Å²) in [5, 5.41) is 1.42. The van der Waals surface area contributed by atoms with Gasteiger partial charge in [-0.05, 0) is 81.8 Å². The van der Waals surface area contributed by atoms with Gasteiger partial charge >= 0.3 is 6.01 Å². The number of nitrogens with zero attached hydrogens (tertiary/aromatic N) is 6. The Bertz CT molecular complexity index is 1490. The molecule has 3 saturated heterocycles. The second-order valence-electron chi connectivity index (χ2n) is 11.6. The predicted octanol–water partition coefficient (Wildman–Crippen LogP) is 4.67. The number of likely N-dealkylation sites (tertiary alicyclic amines) is 2. The van der Waals surface area contributed by atoms with Crippen molar-refractivity contribution in [2.75, 3.05) is 38.2 Å². The number of likely N-dealkylation sites (N-methyl/N-ethyl adjacent to an activating group) is 1. The number of hydrogen-bond donors (Lipinski definition) is 0. The SMILES string of the molecule is C=CC(=O)N1CC[C@@H]2[C@H]1CN2c1nc(OC[C@@H]2CCCN2C)nc2nc(-c3cccc4c3CCCC4)c(Cl)cc12. The number of amides is 1. The number of anilines is 1. The Kier molecular flexibility index (Phi) is 6.63. The van der Waals surface area contributed by atoms with E-state index >= 15 is 0 Å². The largest absolute Gasteiger partial charge is 0.462 e. The summed E-state index contributed by atoms with van der Waals surface area (Å²) in [6.07, 6.45) is 9.11. The summed E-state index contributed by atoms with van der Waals surface area (Å²) >= 11 is 6.98. The van der Waals surface area contributed by atoms with Gasteiger partial charge in [0.05, 0.1) is 28.2 Å². The molecule has 3 aromatic rings. The van der Waals surface area contributed by atoms with E-state index in [4.69, 9.17) is 31.3 Å². The highest BCUT2D eigenvalue weighted by molar-refractivity contribution is 6.34. The maximum atomic E-state index is 12.4. The van der Waals surface area contributed by atoms with Crippen LogP contribution in [0.5, 0.6) is 6.01 Å². The van der Waals surface area contributed by atoms with Gasteiger partial charge in [-0.15, -0.1) is 0 Å². The van der Waals surface area contributed by atoms with E-state index in [9.17, 15) is 4.79 Å². The highest BCUT2D eigenvalue weighted by Gasteiger charge is 2.49. The van der Waals surface area contributed by atoms with Gasteiger partial charge < -0.3 is 19.4 Å². The third kappa shape index (κ3) is 4.32. The number of carbonyl (C=O) groups excluding carboxylic acids is 1. The molecule has 3 atom stereocenters. The van der Waals surface area contributed by atoms with Crippen molar-refractivity contribution in [3.05, 3.63) is 53.1 Å². The third-order valence-electron chi connectivity index (χ3n) is 9.35. The standard InChI is InChI=1S/C31H35ClN6O2/c1-3-27(39)37-15-13-25-26(37)17-38(25)30-23-16-24(32)28(22-12-6-9-19-8-4-5-11-21(19)22)33-29(23)34-31(35-30)40-18-20-10-7-14-36(20)2/h3,6,9,12,16,20,25-26H,1,4-5,7-8,10-11,13-15,17-18H2,2H3/t20-,25+,26+/m0/s1. The van der Waals surface area contributed by atoms with Crippen LogP contribution in [0, 0.1) is 0 Å². The summed E-state index contributed by atoms with van der Waals surface area (Å²) in [4.78, 5) is 33.7. The average Bonchev–Trinajstić information content (AvgIpc) is 3.53. The number of hydrogen-bond acceptors (Lipinski definition) is 7. The number of rotatable bonds is 6. The lowest BCUT2D eigenvalue weighted by Crippen LogP contribution is -2.63. The normalized spacial score (nSPS) is 24.1. The van der Waals surface area contributed by atoms with E-state index < -0.39 is 0 Å². The lowest BCUT2D eigenvalue weighted by Gasteiger charge is -2.47. The third-order valence-corrected chi connectivity index (χ3v) is 9.64. The monoisotopic (exact) mass is 558 g/mol. The second-order valence-corrected chi connectivity index (χ2v) is 12.0. The molecular formula is C31H35ClN6O2. The zero-order valence-electron chi connectivity index (χ0n) is 23.0. The minimum absolute atomic E-state index is 0.00931. The van der Waals surface area contributed by atoms with E-state index in [1.165, 1.54) is 36.5 Å². The highest BCUT2D eigenvalue weighted by atomic mass is 35.5. The quantitative estimate of drug-likeness (QED) is 0.407. The van der Waals surface area contributed by atoms with Crippen molar-refractivity contribution in [1.82, 2.24) is 24.8 Å². The van der Waals surface area contributed by atoms with Crippen LogP contribution in [0.25, 0.3) is 22.3 Å². The first kappa shape index (κ1) is 25.7. The Hall–Kier alpha value is -3.23. The zero-order valence-corrected chi connectivity index (χ0v) is 23.7. The predicted molar refractivity (Wildman–Crippen MR) is 157 cm³/mol. The van der Waals surface area contributed by atoms with Crippen LogP contribution in [0.2, 0.25) is 5.02 Å². The Morgan fingerprint density at radius 2 is 2.00 bits per heavy atom. The second kappa shape index (κ2) is 10.3. The van der Waals surface area contributed by atoms with E-state index in [0.29, 0.717) is 35.9 Å². The molecule has 3 fully saturated rings. The summed E-state index contributed by atoms with van der Waals surface area (Å²) in [6.45, 7) is 6.73. The van der Waals surface area contributed by atoms with E-state index in [-0.39, 0.29) is 18.0 Å². The Morgan fingerprint density at radius 3 is 2.83 bits per heavy atom. The number of ether oxygens (including phenoxy) is 1. The van der Waals surface area contributed by atoms with E-state index in [2.05, 4.69) is 41.6 Å². The van der Waals surface area contributed by atoms with Crippen LogP contribution >= 0.6 is 11.6 Å². The number of pyridine rings is 1. The highest BCUT2D eigenvalue weighted by Crippen LogP contribution is 2.41. The Labute approximate surface area is 240 Å². The molecule has 1 amide bonds. The summed E-state index contributed by atoms with van der Waals surface area (Å²) in [5.41, 5.74) is 5.19. The van der Waals surface area contributed by atoms with Crippen molar-refractivity contribution >= 4 is 34.4 Å².